The first kappa shape index (κ1) is 11.5. The Labute approximate surface area is 107 Å². The van der Waals surface area contributed by atoms with Crippen LogP contribution < -0.4 is 15.8 Å². The molecule has 0 amide bonds. The Kier molecular flexibility index (Phi) is 2.95. The van der Waals surface area contributed by atoms with Crippen molar-refractivity contribution < 1.29 is 4.74 Å². The lowest BCUT2D eigenvalue weighted by Gasteiger charge is -2.45. The molecule has 1 aromatic heterocycles. The van der Waals surface area contributed by atoms with Gasteiger partial charge in [-0.3, -0.25) is 0 Å². The summed E-state index contributed by atoms with van der Waals surface area (Å²) in [4.78, 5) is 10.7. The number of methoxy groups -OCH3 is 1. The van der Waals surface area contributed by atoms with Gasteiger partial charge >= 0.3 is 0 Å². The molecule has 0 spiro atoms. The van der Waals surface area contributed by atoms with Gasteiger partial charge in [0.05, 0.1) is 7.11 Å². The van der Waals surface area contributed by atoms with Crippen LogP contribution in [0.5, 0.6) is 5.88 Å². The molecule has 0 radical (unpaired) electrons. The predicted octanol–water partition coefficient (Wildman–Crippen LogP) is 0.573. The van der Waals surface area contributed by atoms with Gasteiger partial charge in [0.2, 0.25) is 11.8 Å². The quantitative estimate of drug-likeness (QED) is 0.816. The summed E-state index contributed by atoms with van der Waals surface area (Å²) in [7, 11) is 1.58. The van der Waals surface area contributed by atoms with E-state index in [4.69, 9.17) is 10.5 Å². The number of rotatable bonds is 3. The van der Waals surface area contributed by atoms with E-state index in [0.29, 0.717) is 11.9 Å². The molecule has 0 aliphatic carbocycles. The van der Waals surface area contributed by atoms with Crippen molar-refractivity contribution in [3.8, 4) is 5.88 Å². The molecule has 2 bridgehead atoms. The fourth-order valence-electron chi connectivity index (χ4n) is 2.94. The Morgan fingerprint density at radius 1 is 1.39 bits per heavy atom. The fraction of sp³-hybridized carbons (Fsp3) is 0.667. The third-order valence-corrected chi connectivity index (χ3v) is 3.92. The molecule has 0 saturated carbocycles. The minimum absolute atomic E-state index is 0.248. The van der Waals surface area contributed by atoms with Gasteiger partial charge < -0.3 is 20.7 Å². The SMILES string of the molecule is COc1cc(NC2CN3CCC2CC3)nc(N)n1. The Hall–Kier alpha value is -1.56. The molecule has 1 atom stereocenters. The molecule has 1 aromatic rings. The second-order valence-corrected chi connectivity index (χ2v) is 5.04. The molecule has 4 rings (SSSR count). The predicted molar refractivity (Wildman–Crippen MR) is 69.6 cm³/mol. The van der Waals surface area contributed by atoms with Crippen LogP contribution in [0.2, 0.25) is 0 Å². The van der Waals surface area contributed by atoms with Crippen LogP contribution in [0, 0.1) is 5.92 Å². The van der Waals surface area contributed by atoms with E-state index in [1.54, 1.807) is 13.2 Å². The van der Waals surface area contributed by atoms with E-state index in [-0.39, 0.29) is 5.95 Å². The van der Waals surface area contributed by atoms with Crippen LogP contribution in [-0.2, 0) is 0 Å². The first-order chi connectivity index (χ1) is 8.74. The van der Waals surface area contributed by atoms with Crippen molar-refractivity contribution in [2.75, 3.05) is 37.8 Å². The van der Waals surface area contributed by atoms with Gasteiger partial charge in [-0.05, 0) is 31.8 Å². The minimum Gasteiger partial charge on any atom is -0.481 e. The number of nitrogen functional groups attached to an aromatic ring is 1. The average molecular weight is 249 g/mol. The van der Waals surface area contributed by atoms with Gasteiger partial charge in [-0.25, -0.2) is 0 Å². The summed E-state index contributed by atoms with van der Waals surface area (Å²) in [6.07, 6.45) is 2.55. The van der Waals surface area contributed by atoms with Gasteiger partial charge in [0.15, 0.2) is 0 Å². The van der Waals surface area contributed by atoms with Crippen molar-refractivity contribution in [2.24, 2.45) is 5.92 Å². The van der Waals surface area contributed by atoms with Crippen LogP contribution in [0.3, 0.4) is 0 Å². The van der Waals surface area contributed by atoms with Crippen molar-refractivity contribution in [3.05, 3.63) is 6.07 Å². The Bertz CT molecular complexity index is 430. The van der Waals surface area contributed by atoms with Crippen molar-refractivity contribution in [1.82, 2.24) is 14.9 Å². The minimum atomic E-state index is 0.248. The highest BCUT2D eigenvalue weighted by molar-refractivity contribution is 5.44. The number of anilines is 2. The van der Waals surface area contributed by atoms with Gasteiger partial charge in [0.25, 0.3) is 0 Å². The molecule has 3 fully saturated rings. The number of piperidine rings is 3. The van der Waals surface area contributed by atoms with E-state index in [9.17, 15) is 0 Å². The molecule has 6 heteroatoms. The van der Waals surface area contributed by atoms with E-state index < -0.39 is 0 Å². The third-order valence-electron chi connectivity index (χ3n) is 3.92. The lowest BCUT2D eigenvalue weighted by atomic mass is 9.84. The second kappa shape index (κ2) is 4.61. The van der Waals surface area contributed by atoms with Crippen molar-refractivity contribution in [3.63, 3.8) is 0 Å². The first-order valence-corrected chi connectivity index (χ1v) is 6.42. The Morgan fingerprint density at radius 2 is 2.17 bits per heavy atom. The monoisotopic (exact) mass is 249 g/mol. The topological polar surface area (TPSA) is 76.3 Å². The van der Waals surface area contributed by atoms with Crippen LogP contribution in [-0.4, -0.2) is 47.7 Å². The first-order valence-electron chi connectivity index (χ1n) is 6.42. The number of aromatic nitrogens is 2. The smallest absolute Gasteiger partial charge is 0.225 e. The van der Waals surface area contributed by atoms with Crippen molar-refractivity contribution in [1.29, 1.82) is 0 Å². The summed E-state index contributed by atoms with van der Waals surface area (Å²) in [5.41, 5.74) is 5.66. The van der Waals surface area contributed by atoms with Gasteiger partial charge in [0.1, 0.15) is 5.82 Å². The zero-order chi connectivity index (χ0) is 12.5. The molecule has 18 heavy (non-hydrogen) atoms. The van der Waals surface area contributed by atoms with E-state index in [2.05, 4.69) is 20.2 Å². The van der Waals surface area contributed by atoms with Crippen LogP contribution >= 0.6 is 0 Å². The summed E-state index contributed by atoms with van der Waals surface area (Å²) >= 11 is 0. The van der Waals surface area contributed by atoms with Gasteiger partial charge in [-0.15, -0.1) is 0 Å². The summed E-state index contributed by atoms with van der Waals surface area (Å²) in [5, 5.41) is 3.48. The maximum absolute atomic E-state index is 5.66. The van der Waals surface area contributed by atoms with Crippen molar-refractivity contribution in [2.45, 2.75) is 18.9 Å². The maximum Gasteiger partial charge on any atom is 0.225 e. The van der Waals surface area contributed by atoms with E-state index in [1.807, 2.05) is 0 Å². The molecule has 1 unspecified atom stereocenters. The van der Waals surface area contributed by atoms with Gasteiger partial charge in [0, 0.05) is 18.7 Å². The normalized spacial score (nSPS) is 30.2. The summed E-state index contributed by atoms with van der Waals surface area (Å²) < 4.78 is 5.11. The highest BCUT2D eigenvalue weighted by Crippen LogP contribution is 2.29. The lowest BCUT2D eigenvalue weighted by Crippen LogP contribution is -2.53. The number of nitrogens with two attached hydrogens (primary N) is 1. The molecule has 3 aliphatic heterocycles. The average Bonchev–Trinajstić information content (AvgIpc) is 2.39. The molecule has 3 N–H and O–H groups in total. The Morgan fingerprint density at radius 3 is 2.78 bits per heavy atom. The summed E-state index contributed by atoms with van der Waals surface area (Å²) in [6.45, 7) is 3.56. The standard InChI is InChI=1S/C12H19N5O/c1-18-11-6-10(15-12(13)16-11)14-9-7-17-4-2-8(9)3-5-17/h6,8-9H,2-5,7H2,1H3,(H3,13,14,15,16). The number of hydrogen-bond donors (Lipinski definition) is 2. The van der Waals surface area contributed by atoms with Crippen molar-refractivity contribution >= 4 is 11.8 Å². The highest BCUT2D eigenvalue weighted by atomic mass is 16.5. The van der Waals surface area contributed by atoms with Gasteiger partial charge in [-0.2, -0.15) is 9.97 Å². The molecule has 98 valence electrons. The van der Waals surface area contributed by atoms with E-state index >= 15 is 0 Å². The van der Waals surface area contributed by atoms with Crippen LogP contribution in [0.4, 0.5) is 11.8 Å². The molecule has 0 aromatic carbocycles. The van der Waals surface area contributed by atoms with E-state index in [0.717, 1.165) is 18.3 Å². The molecule has 3 aliphatic rings. The van der Waals surface area contributed by atoms with Gasteiger partial charge in [-0.1, -0.05) is 0 Å². The number of nitrogens with one attached hydrogen (secondary N) is 1. The number of ether oxygens (including phenoxy) is 1. The number of fused-ring (bicyclic) bond motifs is 3. The fourth-order valence-corrected chi connectivity index (χ4v) is 2.94. The molecular formula is C12H19N5O. The van der Waals surface area contributed by atoms with Crippen LogP contribution in [0.1, 0.15) is 12.8 Å². The molecule has 6 nitrogen and oxygen atoms in total. The molecule has 3 saturated heterocycles. The number of nitrogens with zero attached hydrogens (tertiary/aromatic N) is 3. The summed E-state index contributed by atoms with van der Waals surface area (Å²) in [6, 6.07) is 2.26. The zero-order valence-electron chi connectivity index (χ0n) is 10.6. The largest absolute Gasteiger partial charge is 0.481 e. The van der Waals surface area contributed by atoms with Crippen LogP contribution in [0.25, 0.3) is 0 Å². The third kappa shape index (κ3) is 2.20. The molecular weight excluding hydrogens is 230 g/mol. The highest BCUT2D eigenvalue weighted by Gasteiger charge is 2.34. The second-order valence-electron chi connectivity index (χ2n) is 5.04. The lowest BCUT2D eigenvalue weighted by molar-refractivity contribution is 0.0974. The zero-order valence-corrected chi connectivity index (χ0v) is 10.6. The van der Waals surface area contributed by atoms with E-state index in [1.165, 1.54) is 25.9 Å². The molecule has 4 heterocycles. The number of hydrogen-bond acceptors (Lipinski definition) is 6. The van der Waals surface area contributed by atoms with Crippen LogP contribution in [0.15, 0.2) is 6.07 Å². The Balaban J connectivity index is 1.74. The maximum atomic E-state index is 5.66. The summed E-state index contributed by atoms with van der Waals surface area (Å²) in [5.74, 6) is 2.26.